The molecule has 2 rings (SSSR count). The topological polar surface area (TPSA) is 12.0 Å². The van der Waals surface area contributed by atoms with Gasteiger partial charge in [-0.3, -0.25) is 0 Å². The van der Waals surface area contributed by atoms with Gasteiger partial charge in [0, 0.05) is 6.04 Å². The van der Waals surface area contributed by atoms with Gasteiger partial charge in [-0.15, -0.1) is 0 Å². The highest BCUT2D eigenvalue weighted by molar-refractivity contribution is 5.16. The van der Waals surface area contributed by atoms with Crippen LogP contribution in [0.1, 0.15) is 51.5 Å². The molecular formula is C18H28FN. The lowest BCUT2D eigenvalue weighted by Crippen LogP contribution is -2.27. The standard InChI is InChI=1S/C18H28FN/c1-3-14(4-2)11-16(13-20-18-9-10-18)12-15-5-7-17(19)8-6-15/h5-8,14,16,18,20H,3-4,9-13H2,1-2H3. The van der Waals surface area contributed by atoms with Crippen LogP contribution in [0, 0.1) is 17.7 Å². The van der Waals surface area contributed by atoms with E-state index < -0.39 is 0 Å². The average molecular weight is 277 g/mol. The normalized spacial score (nSPS) is 16.6. The van der Waals surface area contributed by atoms with Crippen LogP contribution in [-0.2, 0) is 6.42 Å². The highest BCUT2D eigenvalue weighted by atomic mass is 19.1. The van der Waals surface area contributed by atoms with Crippen LogP contribution in [-0.4, -0.2) is 12.6 Å². The van der Waals surface area contributed by atoms with Crippen molar-refractivity contribution in [3.63, 3.8) is 0 Å². The van der Waals surface area contributed by atoms with Crippen LogP contribution in [0.3, 0.4) is 0 Å². The molecule has 0 radical (unpaired) electrons. The molecule has 112 valence electrons. The second kappa shape index (κ2) is 7.78. The minimum absolute atomic E-state index is 0.138. The molecule has 0 bridgehead atoms. The van der Waals surface area contributed by atoms with Gasteiger partial charge in [-0.25, -0.2) is 4.39 Å². The molecule has 0 aromatic heterocycles. The summed E-state index contributed by atoms with van der Waals surface area (Å²) in [6.45, 7) is 5.69. The molecule has 1 aliphatic carbocycles. The maximum atomic E-state index is 13.0. The molecule has 1 unspecified atom stereocenters. The van der Waals surface area contributed by atoms with Crippen molar-refractivity contribution in [1.29, 1.82) is 0 Å². The summed E-state index contributed by atoms with van der Waals surface area (Å²) in [6.07, 6.45) is 7.56. The van der Waals surface area contributed by atoms with Crippen LogP contribution in [0.2, 0.25) is 0 Å². The fourth-order valence-electron chi connectivity index (χ4n) is 2.91. The van der Waals surface area contributed by atoms with Crippen molar-refractivity contribution >= 4 is 0 Å². The molecule has 1 N–H and O–H groups in total. The first-order valence-corrected chi connectivity index (χ1v) is 8.19. The Balaban J connectivity index is 1.90. The van der Waals surface area contributed by atoms with E-state index >= 15 is 0 Å². The van der Waals surface area contributed by atoms with E-state index in [0.29, 0.717) is 5.92 Å². The Kier molecular flexibility index (Phi) is 6.03. The predicted molar refractivity (Wildman–Crippen MR) is 83.3 cm³/mol. The number of nitrogens with one attached hydrogen (secondary N) is 1. The molecule has 1 fully saturated rings. The van der Waals surface area contributed by atoms with Crippen molar-refractivity contribution in [3.8, 4) is 0 Å². The predicted octanol–water partition coefficient (Wildman–Crippen LogP) is 4.56. The van der Waals surface area contributed by atoms with Crippen LogP contribution in [0.25, 0.3) is 0 Å². The van der Waals surface area contributed by atoms with Gasteiger partial charge in [-0.05, 0) is 61.8 Å². The molecule has 0 amide bonds. The van der Waals surface area contributed by atoms with Crippen LogP contribution in [0.4, 0.5) is 4.39 Å². The van der Waals surface area contributed by atoms with Crippen molar-refractivity contribution in [2.24, 2.45) is 11.8 Å². The maximum Gasteiger partial charge on any atom is 0.123 e. The summed E-state index contributed by atoms with van der Waals surface area (Å²) in [5.74, 6) is 1.36. The Bertz CT molecular complexity index is 379. The second-order valence-corrected chi connectivity index (χ2v) is 6.30. The van der Waals surface area contributed by atoms with Crippen molar-refractivity contribution in [2.45, 2.75) is 58.4 Å². The molecule has 1 aromatic carbocycles. The largest absolute Gasteiger partial charge is 0.314 e. The minimum atomic E-state index is -0.138. The fourth-order valence-corrected chi connectivity index (χ4v) is 2.91. The summed E-state index contributed by atoms with van der Waals surface area (Å²) in [5.41, 5.74) is 1.26. The quantitative estimate of drug-likeness (QED) is 0.697. The van der Waals surface area contributed by atoms with Crippen molar-refractivity contribution < 1.29 is 4.39 Å². The molecule has 0 heterocycles. The van der Waals surface area contributed by atoms with E-state index in [1.165, 1.54) is 37.7 Å². The van der Waals surface area contributed by atoms with E-state index in [0.717, 1.165) is 24.9 Å². The molecular weight excluding hydrogens is 249 g/mol. The number of halogens is 1. The minimum Gasteiger partial charge on any atom is -0.314 e. The molecule has 0 spiro atoms. The zero-order valence-electron chi connectivity index (χ0n) is 12.9. The molecule has 1 saturated carbocycles. The van der Waals surface area contributed by atoms with E-state index in [9.17, 15) is 4.39 Å². The van der Waals surface area contributed by atoms with Gasteiger partial charge in [0.1, 0.15) is 5.82 Å². The van der Waals surface area contributed by atoms with Gasteiger partial charge in [0.05, 0.1) is 0 Å². The fraction of sp³-hybridized carbons (Fsp3) is 0.667. The Labute approximate surface area is 123 Å². The summed E-state index contributed by atoms with van der Waals surface area (Å²) >= 11 is 0. The van der Waals surface area contributed by atoms with E-state index in [4.69, 9.17) is 0 Å². The first-order valence-electron chi connectivity index (χ1n) is 8.19. The highest BCUT2D eigenvalue weighted by Gasteiger charge is 2.23. The van der Waals surface area contributed by atoms with E-state index in [1.54, 1.807) is 12.1 Å². The lowest BCUT2D eigenvalue weighted by molar-refractivity contribution is 0.337. The van der Waals surface area contributed by atoms with Crippen molar-refractivity contribution in [2.75, 3.05) is 6.54 Å². The third-order valence-electron chi connectivity index (χ3n) is 4.53. The second-order valence-electron chi connectivity index (χ2n) is 6.30. The molecule has 1 aliphatic rings. The van der Waals surface area contributed by atoms with E-state index in [1.807, 2.05) is 12.1 Å². The lowest BCUT2D eigenvalue weighted by atomic mass is 9.86. The van der Waals surface area contributed by atoms with Gasteiger partial charge in [-0.2, -0.15) is 0 Å². The summed E-state index contributed by atoms with van der Waals surface area (Å²) < 4.78 is 13.0. The molecule has 1 aromatic rings. The van der Waals surface area contributed by atoms with Gasteiger partial charge in [0.25, 0.3) is 0 Å². The summed E-state index contributed by atoms with van der Waals surface area (Å²) in [6, 6.07) is 7.81. The highest BCUT2D eigenvalue weighted by Crippen LogP contribution is 2.24. The van der Waals surface area contributed by atoms with Gasteiger partial charge in [-0.1, -0.05) is 38.8 Å². The van der Waals surface area contributed by atoms with Crippen molar-refractivity contribution in [1.82, 2.24) is 5.32 Å². The summed E-state index contributed by atoms with van der Waals surface area (Å²) in [7, 11) is 0. The van der Waals surface area contributed by atoms with Crippen molar-refractivity contribution in [3.05, 3.63) is 35.6 Å². The number of benzene rings is 1. The maximum absolute atomic E-state index is 13.0. The third-order valence-corrected chi connectivity index (χ3v) is 4.53. The molecule has 0 saturated heterocycles. The Morgan fingerprint density at radius 3 is 2.30 bits per heavy atom. The van der Waals surface area contributed by atoms with E-state index in [2.05, 4.69) is 19.2 Å². The van der Waals surface area contributed by atoms with Crippen LogP contribution < -0.4 is 5.32 Å². The molecule has 0 aliphatic heterocycles. The monoisotopic (exact) mass is 277 g/mol. The van der Waals surface area contributed by atoms with Gasteiger partial charge >= 0.3 is 0 Å². The first-order chi connectivity index (χ1) is 9.71. The zero-order chi connectivity index (χ0) is 14.4. The van der Waals surface area contributed by atoms with Gasteiger partial charge in [0.2, 0.25) is 0 Å². The molecule has 2 heteroatoms. The van der Waals surface area contributed by atoms with Crippen LogP contribution >= 0.6 is 0 Å². The van der Waals surface area contributed by atoms with Crippen LogP contribution in [0.15, 0.2) is 24.3 Å². The Morgan fingerprint density at radius 2 is 1.75 bits per heavy atom. The van der Waals surface area contributed by atoms with E-state index in [-0.39, 0.29) is 5.82 Å². The number of rotatable bonds is 9. The molecule has 1 atom stereocenters. The SMILES string of the molecule is CCC(CC)CC(CNC1CC1)Cc1ccc(F)cc1. The lowest BCUT2D eigenvalue weighted by Gasteiger charge is -2.22. The summed E-state index contributed by atoms with van der Waals surface area (Å²) in [5, 5.41) is 3.67. The Morgan fingerprint density at radius 1 is 1.10 bits per heavy atom. The average Bonchev–Trinajstić information content (AvgIpc) is 3.28. The zero-order valence-corrected chi connectivity index (χ0v) is 12.9. The van der Waals surface area contributed by atoms with Crippen LogP contribution in [0.5, 0.6) is 0 Å². The summed E-state index contributed by atoms with van der Waals surface area (Å²) in [4.78, 5) is 0. The molecule has 20 heavy (non-hydrogen) atoms. The number of hydrogen-bond acceptors (Lipinski definition) is 1. The third kappa shape index (κ3) is 5.24. The van der Waals surface area contributed by atoms with Gasteiger partial charge < -0.3 is 5.32 Å². The first kappa shape index (κ1) is 15.5. The Hall–Kier alpha value is -0.890. The smallest absolute Gasteiger partial charge is 0.123 e. The molecule has 1 nitrogen and oxygen atoms in total. The van der Waals surface area contributed by atoms with Gasteiger partial charge in [0.15, 0.2) is 0 Å². The number of hydrogen-bond donors (Lipinski definition) is 1.